The molecule has 104 valence electrons. The minimum absolute atomic E-state index is 0.247. The standard InChI is InChI=1S/C16H17ClN2S/c1-12-5-4-6-13(9-12)11-20-15-8-3-2-7-14(15)19-16(18)10-17/h2-9H,10-11H2,1H3,(H2,18,19). The molecule has 2 aromatic carbocycles. The first kappa shape index (κ1) is 14.9. The minimum Gasteiger partial charge on any atom is -0.386 e. The molecule has 0 saturated carbocycles. The monoisotopic (exact) mass is 304 g/mol. The van der Waals surface area contributed by atoms with Crippen molar-refractivity contribution in [3.05, 3.63) is 59.7 Å². The van der Waals surface area contributed by atoms with Gasteiger partial charge in [-0.1, -0.05) is 42.0 Å². The lowest BCUT2D eigenvalue weighted by Crippen LogP contribution is -2.12. The molecule has 0 amide bonds. The van der Waals surface area contributed by atoms with Crippen molar-refractivity contribution in [2.24, 2.45) is 10.7 Å². The molecule has 20 heavy (non-hydrogen) atoms. The summed E-state index contributed by atoms with van der Waals surface area (Å²) in [5.74, 6) is 1.60. The fourth-order valence-electron chi connectivity index (χ4n) is 1.82. The van der Waals surface area contributed by atoms with E-state index in [1.54, 1.807) is 11.8 Å². The molecule has 4 heteroatoms. The summed E-state index contributed by atoms with van der Waals surface area (Å²) in [6.45, 7) is 2.10. The molecule has 2 N–H and O–H groups in total. The van der Waals surface area contributed by atoms with Gasteiger partial charge in [-0.25, -0.2) is 4.99 Å². The molecule has 0 aliphatic heterocycles. The molecule has 2 nitrogen and oxygen atoms in total. The van der Waals surface area contributed by atoms with Crippen LogP contribution in [0.3, 0.4) is 0 Å². The Labute approximate surface area is 129 Å². The first-order valence-corrected chi connectivity index (χ1v) is 7.87. The molecule has 0 heterocycles. The zero-order valence-electron chi connectivity index (χ0n) is 11.3. The van der Waals surface area contributed by atoms with Gasteiger partial charge >= 0.3 is 0 Å². The number of rotatable bonds is 5. The lowest BCUT2D eigenvalue weighted by atomic mass is 10.2. The quantitative estimate of drug-likeness (QED) is 0.382. The smallest absolute Gasteiger partial charge is 0.115 e. The molecule has 0 unspecified atom stereocenters. The minimum atomic E-state index is 0.247. The Morgan fingerprint density at radius 3 is 2.75 bits per heavy atom. The van der Waals surface area contributed by atoms with Gasteiger partial charge in [0, 0.05) is 10.6 Å². The van der Waals surface area contributed by atoms with Gasteiger partial charge < -0.3 is 5.73 Å². The van der Waals surface area contributed by atoms with Crippen molar-refractivity contribution in [3.8, 4) is 0 Å². The van der Waals surface area contributed by atoms with Gasteiger partial charge in [0.15, 0.2) is 0 Å². The molecule has 0 aromatic heterocycles. The van der Waals surface area contributed by atoms with Gasteiger partial charge in [0.05, 0.1) is 11.6 Å². The summed E-state index contributed by atoms with van der Waals surface area (Å²) in [5.41, 5.74) is 9.17. The van der Waals surface area contributed by atoms with Gasteiger partial charge in [0.2, 0.25) is 0 Å². The number of para-hydroxylation sites is 1. The number of halogens is 1. The van der Waals surface area contributed by atoms with E-state index in [1.165, 1.54) is 11.1 Å². The lowest BCUT2D eigenvalue weighted by Gasteiger charge is -2.06. The second-order valence-electron chi connectivity index (χ2n) is 4.48. The van der Waals surface area contributed by atoms with Crippen LogP contribution in [0.15, 0.2) is 58.4 Å². The summed E-state index contributed by atoms with van der Waals surface area (Å²) in [7, 11) is 0. The number of aliphatic imine (C=N–C) groups is 1. The number of nitrogens with zero attached hydrogens (tertiary/aromatic N) is 1. The second kappa shape index (κ2) is 7.36. The largest absolute Gasteiger partial charge is 0.386 e. The zero-order valence-corrected chi connectivity index (χ0v) is 12.9. The van der Waals surface area contributed by atoms with E-state index in [0.717, 1.165) is 16.3 Å². The van der Waals surface area contributed by atoms with E-state index < -0.39 is 0 Å². The predicted molar refractivity (Wildman–Crippen MR) is 89.2 cm³/mol. The maximum atomic E-state index is 5.71. The summed E-state index contributed by atoms with van der Waals surface area (Å²) in [4.78, 5) is 5.46. The number of thioether (sulfide) groups is 1. The van der Waals surface area contributed by atoms with E-state index in [4.69, 9.17) is 17.3 Å². The van der Waals surface area contributed by atoms with Crippen LogP contribution in [0.4, 0.5) is 5.69 Å². The molecule has 0 fully saturated rings. The van der Waals surface area contributed by atoms with E-state index in [1.807, 2.05) is 18.2 Å². The molecule has 0 spiro atoms. The number of benzene rings is 2. The van der Waals surface area contributed by atoms with Crippen LogP contribution in [0.5, 0.6) is 0 Å². The average Bonchev–Trinajstić information content (AvgIpc) is 2.46. The third kappa shape index (κ3) is 4.29. The van der Waals surface area contributed by atoms with Crippen molar-refractivity contribution in [1.29, 1.82) is 0 Å². The molecule has 0 atom stereocenters. The molecule has 2 aromatic rings. The van der Waals surface area contributed by atoms with Crippen LogP contribution in [0.1, 0.15) is 11.1 Å². The van der Waals surface area contributed by atoms with Crippen molar-refractivity contribution in [2.75, 3.05) is 5.88 Å². The van der Waals surface area contributed by atoms with Crippen molar-refractivity contribution in [2.45, 2.75) is 17.6 Å². The van der Waals surface area contributed by atoms with Crippen LogP contribution < -0.4 is 5.73 Å². The normalized spacial score (nSPS) is 11.6. The van der Waals surface area contributed by atoms with E-state index in [9.17, 15) is 0 Å². The van der Waals surface area contributed by atoms with Crippen LogP contribution in [0, 0.1) is 6.92 Å². The third-order valence-corrected chi connectivity index (χ3v) is 4.15. The molecular weight excluding hydrogens is 288 g/mol. The van der Waals surface area contributed by atoms with Gasteiger partial charge in [-0.2, -0.15) is 0 Å². The summed E-state index contributed by atoms with van der Waals surface area (Å²) in [5, 5.41) is 0. The van der Waals surface area contributed by atoms with Gasteiger partial charge in [-0.05, 0) is 24.6 Å². The van der Waals surface area contributed by atoms with Gasteiger partial charge in [-0.3, -0.25) is 0 Å². The summed E-state index contributed by atoms with van der Waals surface area (Å²) in [6, 6.07) is 16.5. The number of aryl methyl sites for hydroxylation is 1. The van der Waals surface area contributed by atoms with Gasteiger partial charge in [0.25, 0.3) is 0 Å². The molecule has 0 aliphatic rings. The van der Waals surface area contributed by atoms with E-state index in [0.29, 0.717) is 5.84 Å². The highest BCUT2D eigenvalue weighted by molar-refractivity contribution is 7.98. The van der Waals surface area contributed by atoms with Crippen LogP contribution in [-0.2, 0) is 5.75 Å². The van der Waals surface area contributed by atoms with Crippen LogP contribution >= 0.6 is 23.4 Å². The fourth-order valence-corrected chi connectivity index (χ4v) is 2.82. The van der Waals surface area contributed by atoms with Crippen molar-refractivity contribution < 1.29 is 0 Å². The predicted octanol–water partition coefficient (Wildman–Crippen LogP) is 4.51. The van der Waals surface area contributed by atoms with Gasteiger partial charge in [-0.15, -0.1) is 23.4 Å². The second-order valence-corrected chi connectivity index (χ2v) is 5.77. The number of hydrogen-bond donors (Lipinski definition) is 1. The Kier molecular flexibility index (Phi) is 5.50. The number of hydrogen-bond acceptors (Lipinski definition) is 2. The molecular formula is C16H17ClN2S. The van der Waals surface area contributed by atoms with E-state index >= 15 is 0 Å². The first-order valence-electron chi connectivity index (χ1n) is 6.35. The highest BCUT2D eigenvalue weighted by atomic mass is 35.5. The summed E-state index contributed by atoms with van der Waals surface area (Å²) >= 11 is 7.44. The topological polar surface area (TPSA) is 38.4 Å². The van der Waals surface area contributed by atoms with Crippen molar-refractivity contribution >= 4 is 34.9 Å². The van der Waals surface area contributed by atoms with Crippen LogP contribution in [0.2, 0.25) is 0 Å². The Bertz CT molecular complexity index is 611. The number of alkyl halides is 1. The Balaban J connectivity index is 2.13. The zero-order chi connectivity index (χ0) is 14.4. The highest BCUT2D eigenvalue weighted by Crippen LogP contribution is 2.31. The Hall–Kier alpha value is -1.45. The molecule has 2 rings (SSSR count). The van der Waals surface area contributed by atoms with Crippen molar-refractivity contribution in [3.63, 3.8) is 0 Å². The maximum Gasteiger partial charge on any atom is 0.115 e. The molecule has 0 bridgehead atoms. The molecule has 0 aliphatic carbocycles. The SMILES string of the molecule is Cc1cccc(CSc2ccccc2N=C(N)CCl)c1. The molecule has 0 radical (unpaired) electrons. The van der Waals surface area contributed by atoms with Crippen LogP contribution in [-0.4, -0.2) is 11.7 Å². The fraction of sp³-hybridized carbons (Fsp3) is 0.188. The average molecular weight is 305 g/mol. The Morgan fingerprint density at radius 2 is 2.00 bits per heavy atom. The number of nitrogens with two attached hydrogens (primary N) is 1. The van der Waals surface area contributed by atoms with Crippen molar-refractivity contribution in [1.82, 2.24) is 0 Å². The third-order valence-electron chi connectivity index (χ3n) is 2.74. The van der Waals surface area contributed by atoms with E-state index in [-0.39, 0.29) is 5.88 Å². The maximum absolute atomic E-state index is 5.71. The molecule has 0 saturated heterocycles. The summed E-state index contributed by atoms with van der Waals surface area (Å²) < 4.78 is 0. The lowest BCUT2D eigenvalue weighted by molar-refractivity contribution is 1.32. The van der Waals surface area contributed by atoms with Gasteiger partial charge in [0.1, 0.15) is 5.84 Å². The number of amidine groups is 1. The Morgan fingerprint density at radius 1 is 1.20 bits per heavy atom. The first-order chi connectivity index (χ1) is 9.69. The highest BCUT2D eigenvalue weighted by Gasteiger charge is 2.03. The van der Waals surface area contributed by atoms with E-state index in [2.05, 4.69) is 42.2 Å². The van der Waals surface area contributed by atoms with Crippen LogP contribution in [0.25, 0.3) is 0 Å². The summed E-state index contributed by atoms with van der Waals surface area (Å²) in [6.07, 6.45) is 0.